The minimum absolute atomic E-state index is 0.0320. The molecule has 0 saturated carbocycles. The van der Waals surface area contributed by atoms with Gasteiger partial charge in [0.05, 0.1) is 17.9 Å². The third-order valence-electron chi connectivity index (χ3n) is 5.53. The van der Waals surface area contributed by atoms with Crippen molar-refractivity contribution in [3.05, 3.63) is 53.4 Å². The van der Waals surface area contributed by atoms with Crippen LogP contribution in [0.4, 0.5) is 0 Å². The predicted octanol–water partition coefficient (Wildman–Crippen LogP) is 1.69. The summed E-state index contributed by atoms with van der Waals surface area (Å²) in [5.41, 5.74) is 3.35. The van der Waals surface area contributed by atoms with Crippen LogP contribution in [0.15, 0.2) is 36.8 Å². The second-order valence-corrected chi connectivity index (χ2v) is 7.10. The molecule has 0 bridgehead atoms. The molecule has 1 amide bonds. The van der Waals surface area contributed by atoms with Crippen molar-refractivity contribution in [1.29, 1.82) is 0 Å². The summed E-state index contributed by atoms with van der Waals surface area (Å²) < 4.78 is 4.48. The van der Waals surface area contributed by atoms with Gasteiger partial charge < -0.3 is 10.1 Å². The fourth-order valence-electron chi connectivity index (χ4n) is 4.22. The Morgan fingerprint density at radius 3 is 2.96 bits per heavy atom. The van der Waals surface area contributed by atoms with Crippen LogP contribution < -0.4 is 4.73 Å². The van der Waals surface area contributed by atoms with Gasteiger partial charge in [0, 0.05) is 26.5 Å². The van der Waals surface area contributed by atoms with Gasteiger partial charge in [-0.15, -0.1) is 5.10 Å². The monoisotopic (exact) mass is 377 g/mol. The molecule has 1 aromatic carbocycles. The molecule has 28 heavy (non-hydrogen) atoms. The van der Waals surface area contributed by atoms with Crippen molar-refractivity contribution < 1.29 is 9.52 Å². The lowest BCUT2D eigenvalue weighted by Crippen LogP contribution is -2.32. The SMILES string of the molecule is CC(=O)N1CCCC1c1cnnn1-c1ncn2c1c(C)[n+]([O-])c1ccccc12. The lowest BCUT2D eigenvalue weighted by Gasteiger charge is -2.23. The lowest BCUT2D eigenvalue weighted by atomic mass is 10.1. The van der Waals surface area contributed by atoms with E-state index in [4.69, 9.17) is 0 Å². The van der Waals surface area contributed by atoms with Crippen LogP contribution in [0.1, 0.15) is 37.2 Å². The van der Waals surface area contributed by atoms with E-state index in [1.165, 1.54) is 0 Å². The molecule has 142 valence electrons. The van der Waals surface area contributed by atoms with Crippen molar-refractivity contribution >= 4 is 22.5 Å². The summed E-state index contributed by atoms with van der Waals surface area (Å²) in [5, 5.41) is 21.1. The fraction of sp³-hybridized carbons (Fsp3) is 0.316. The number of imidazole rings is 1. The number of benzene rings is 1. The van der Waals surface area contributed by atoms with E-state index in [0.29, 0.717) is 22.5 Å². The minimum Gasteiger partial charge on any atom is -0.618 e. The van der Waals surface area contributed by atoms with Crippen molar-refractivity contribution in [1.82, 2.24) is 29.3 Å². The van der Waals surface area contributed by atoms with Crippen molar-refractivity contribution in [2.45, 2.75) is 32.7 Å². The Kier molecular flexibility index (Phi) is 3.58. The van der Waals surface area contributed by atoms with Gasteiger partial charge in [-0.25, -0.2) is 4.98 Å². The van der Waals surface area contributed by atoms with Gasteiger partial charge in [0.2, 0.25) is 17.1 Å². The highest BCUT2D eigenvalue weighted by Crippen LogP contribution is 2.33. The van der Waals surface area contributed by atoms with E-state index in [2.05, 4.69) is 15.3 Å². The molecule has 5 rings (SSSR count). The Morgan fingerprint density at radius 1 is 1.32 bits per heavy atom. The molecular formula is C19H19N7O2. The van der Waals surface area contributed by atoms with Crippen molar-refractivity contribution in [3.63, 3.8) is 0 Å². The predicted molar refractivity (Wildman–Crippen MR) is 101 cm³/mol. The van der Waals surface area contributed by atoms with Crippen LogP contribution in [0.2, 0.25) is 0 Å². The first kappa shape index (κ1) is 16.7. The van der Waals surface area contributed by atoms with E-state index in [1.807, 2.05) is 27.5 Å². The molecule has 0 radical (unpaired) electrons. The summed E-state index contributed by atoms with van der Waals surface area (Å²) in [7, 11) is 0. The normalized spacial score (nSPS) is 17.1. The summed E-state index contributed by atoms with van der Waals surface area (Å²) in [6, 6.07) is 7.31. The second kappa shape index (κ2) is 6.01. The zero-order chi connectivity index (χ0) is 19.4. The smallest absolute Gasteiger partial charge is 0.241 e. The average Bonchev–Trinajstić information content (AvgIpc) is 3.43. The van der Waals surface area contributed by atoms with E-state index in [1.54, 1.807) is 37.1 Å². The van der Waals surface area contributed by atoms with Crippen LogP contribution in [0, 0.1) is 12.1 Å². The van der Waals surface area contributed by atoms with Gasteiger partial charge in [0.25, 0.3) is 0 Å². The molecule has 1 aliphatic rings. The number of fused-ring (bicyclic) bond motifs is 3. The van der Waals surface area contributed by atoms with Crippen LogP contribution in [-0.2, 0) is 4.79 Å². The molecule has 3 aromatic heterocycles. The summed E-state index contributed by atoms with van der Waals surface area (Å²) in [6.07, 6.45) is 5.16. The molecule has 9 nitrogen and oxygen atoms in total. The number of aryl methyl sites for hydroxylation is 1. The molecule has 1 aliphatic heterocycles. The number of amides is 1. The third-order valence-corrected chi connectivity index (χ3v) is 5.53. The first-order valence-electron chi connectivity index (χ1n) is 9.24. The fourth-order valence-corrected chi connectivity index (χ4v) is 4.22. The van der Waals surface area contributed by atoms with Crippen LogP contribution >= 0.6 is 0 Å². The molecule has 9 heteroatoms. The maximum Gasteiger partial charge on any atom is 0.241 e. The topological polar surface area (TPSA) is 95.3 Å². The number of aromatic nitrogens is 6. The lowest BCUT2D eigenvalue weighted by molar-refractivity contribution is -0.583. The largest absolute Gasteiger partial charge is 0.618 e. The first-order chi connectivity index (χ1) is 13.6. The maximum atomic E-state index is 12.8. The van der Waals surface area contributed by atoms with Gasteiger partial charge in [0.15, 0.2) is 11.3 Å². The number of para-hydroxylation sites is 2. The molecule has 1 fully saturated rings. The summed E-state index contributed by atoms with van der Waals surface area (Å²) in [6.45, 7) is 4.07. The van der Waals surface area contributed by atoms with E-state index < -0.39 is 0 Å². The molecular weight excluding hydrogens is 358 g/mol. The Bertz CT molecular complexity index is 1230. The molecule has 1 saturated heterocycles. The van der Waals surface area contributed by atoms with Crippen LogP contribution in [0.25, 0.3) is 22.4 Å². The van der Waals surface area contributed by atoms with Crippen LogP contribution in [0.3, 0.4) is 0 Å². The first-order valence-corrected chi connectivity index (χ1v) is 9.24. The number of rotatable bonds is 2. The summed E-state index contributed by atoms with van der Waals surface area (Å²) >= 11 is 0. The van der Waals surface area contributed by atoms with E-state index in [0.717, 1.165) is 35.3 Å². The van der Waals surface area contributed by atoms with E-state index in [9.17, 15) is 10.0 Å². The number of likely N-dealkylation sites (tertiary alicyclic amines) is 1. The van der Waals surface area contributed by atoms with Gasteiger partial charge in [-0.1, -0.05) is 17.3 Å². The zero-order valence-corrected chi connectivity index (χ0v) is 15.6. The molecule has 0 N–H and O–H groups in total. The quantitative estimate of drug-likeness (QED) is 0.391. The van der Waals surface area contributed by atoms with Gasteiger partial charge in [-0.3, -0.25) is 9.20 Å². The number of carbonyl (C=O) groups is 1. The van der Waals surface area contributed by atoms with Crippen LogP contribution in [-0.4, -0.2) is 41.7 Å². The van der Waals surface area contributed by atoms with Crippen molar-refractivity contribution in [2.24, 2.45) is 0 Å². The Hall–Kier alpha value is -3.49. The Balaban J connectivity index is 1.74. The van der Waals surface area contributed by atoms with Gasteiger partial charge in [-0.2, -0.15) is 9.41 Å². The van der Waals surface area contributed by atoms with E-state index >= 15 is 0 Å². The number of carbonyl (C=O) groups excluding carboxylic acids is 1. The second-order valence-electron chi connectivity index (χ2n) is 7.10. The average molecular weight is 377 g/mol. The van der Waals surface area contributed by atoms with Crippen molar-refractivity contribution in [2.75, 3.05) is 6.54 Å². The standard InChI is InChI=1S/C19H19N7O2/c1-12-18-19(20-11-24(18)14-6-3-4-7-16(14)26(12)28)25-17(10-21-22-25)15-8-5-9-23(15)13(2)27/h3-4,6-7,10-11,15H,5,8-9H2,1-2H3. The highest BCUT2D eigenvalue weighted by molar-refractivity contribution is 5.79. The Labute approximate surface area is 160 Å². The summed E-state index contributed by atoms with van der Waals surface area (Å²) in [5.74, 6) is 0.570. The maximum absolute atomic E-state index is 12.8. The van der Waals surface area contributed by atoms with Crippen LogP contribution in [0.5, 0.6) is 0 Å². The van der Waals surface area contributed by atoms with E-state index in [-0.39, 0.29) is 11.9 Å². The Morgan fingerprint density at radius 2 is 2.14 bits per heavy atom. The molecule has 1 unspecified atom stereocenters. The molecule has 0 aliphatic carbocycles. The third kappa shape index (κ3) is 2.22. The zero-order valence-electron chi connectivity index (χ0n) is 15.6. The summed E-state index contributed by atoms with van der Waals surface area (Å²) in [4.78, 5) is 18.4. The molecule has 4 aromatic rings. The van der Waals surface area contributed by atoms with Gasteiger partial charge >= 0.3 is 0 Å². The van der Waals surface area contributed by atoms with Gasteiger partial charge in [0.1, 0.15) is 11.8 Å². The molecule has 0 spiro atoms. The number of hydrogen-bond acceptors (Lipinski definition) is 5. The number of hydrogen-bond donors (Lipinski definition) is 0. The van der Waals surface area contributed by atoms with Crippen molar-refractivity contribution in [3.8, 4) is 5.82 Å². The number of nitrogens with zero attached hydrogens (tertiary/aromatic N) is 7. The molecule has 4 heterocycles. The molecule has 1 atom stereocenters. The highest BCUT2D eigenvalue weighted by Gasteiger charge is 2.32. The highest BCUT2D eigenvalue weighted by atomic mass is 16.5. The van der Waals surface area contributed by atoms with Gasteiger partial charge in [-0.05, 0) is 18.9 Å². The minimum atomic E-state index is -0.0932.